The molecule has 0 saturated carbocycles. The first-order chi connectivity index (χ1) is 14.1. The lowest BCUT2D eigenvalue weighted by Crippen LogP contribution is -2.30. The number of benzene rings is 3. The molecule has 1 N–H and O–H groups in total. The van der Waals surface area contributed by atoms with Crippen molar-refractivity contribution in [2.45, 2.75) is 6.54 Å². The molecule has 0 aliphatic carbocycles. The van der Waals surface area contributed by atoms with Crippen molar-refractivity contribution in [3.05, 3.63) is 99.8 Å². The van der Waals surface area contributed by atoms with Gasteiger partial charge in [0.15, 0.2) is 0 Å². The third kappa shape index (κ3) is 3.97. The number of hydrogen-bond donors (Lipinski definition) is 1. The van der Waals surface area contributed by atoms with Crippen LogP contribution in [-0.4, -0.2) is 15.6 Å². The molecule has 4 aromatic rings. The number of nitrogens with one attached hydrogen (secondary N) is 1. The van der Waals surface area contributed by atoms with Gasteiger partial charge in [-0.2, -0.15) is 4.98 Å². The summed E-state index contributed by atoms with van der Waals surface area (Å²) in [6, 6.07) is 23.1. The Morgan fingerprint density at radius 1 is 0.966 bits per heavy atom. The first-order valence-electron chi connectivity index (χ1n) is 8.90. The van der Waals surface area contributed by atoms with E-state index < -0.39 is 11.7 Å². The van der Waals surface area contributed by atoms with E-state index in [1.165, 1.54) is 4.57 Å². The highest BCUT2D eigenvalue weighted by Gasteiger charge is 2.18. The fraction of sp³-hybridized carbons (Fsp3) is 0.0455. The van der Waals surface area contributed by atoms with E-state index in [1.807, 2.05) is 36.4 Å². The molecule has 144 valence electrons. The second kappa shape index (κ2) is 8.16. The smallest absolute Gasteiger partial charge is 0.375 e. The van der Waals surface area contributed by atoms with Crippen LogP contribution in [0, 0.1) is 0 Å². The second-order valence-corrected chi connectivity index (χ2v) is 6.64. The molecule has 7 heteroatoms. The first-order valence-corrected chi connectivity index (χ1v) is 9.27. The van der Waals surface area contributed by atoms with Gasteiger partial charge in [0.1, 0.15) is 0 Å². The van der Waals surface area contributed by atoms with E-state index in [2.05, 4.69) is 10.3 Å². The van der Waals surface area contributed by atoms with Crippen LogP contribution in [0.4, 0.5) is 4.79 Å². The minimum Gasteiger partial charge on any atom is -0.375 e. The minimum atomic E-state index is -0.716. The van der Waals surface area contributed by atoms with Crippen molar-refractivity contribution in [3.8, 4) is 11.7 Å². The summed E-state index contributed by atoms with van der Waals surface area (Å²) >= 11 is 6.22. The summed E-state index contributed by atoms with van der Waals surface area (Å²) in [6.45, 7) is 0.286. The molecule has 0 fully saturated rings. The quantitative estimate of drug-likeness (QED) is 0.548. The van der Waals surface area contributed by atoms with Crippen LogP contribution in [0.3, 0.4) is 0 Å². The highest BCUT2D eigenvalue weighted by atomic mass is 35.5. The van der Waals surface area contributed by atoms with Gasteiger partial charge in [-0.25, -0.2) is 9.36 Å². The number of halogens is 1. The number of para-hydroxylation sites is 1. The molecule has 3 aromatic carbocycles. The van der Waals surface area contributed by atoms with Gasteiger partial charge < -0.3 is 10.1 Å². The molecular formula is C22H16ClN3O3. The number of nitrogens with zero attached hydrogens (tertiary/aromatic N) is 2. The van der Waals surface area contributed by atoms with Crippen molar-refractivity contribution < 1.29 is 9.53 Å². The van der Waals surface area contributed by atoms with Crippen LogP contribution in [0.25, 0.3) is 16.6 Å². The number of ether oxygens (including phenoxy) is 1. The molecule has 0 aliphatic rings. The Balaban J connectivity index is 1.73. The summed E-state index contributed by atoms with van der Waals surface area (Å²) in [5.41, 5.74) is 1.36. The van der Waals surface area contributed by atoms with Gasteiger partial charge in [-0.3, -0.25) is 4.79 Å². The summed E-state index contributed by atoms with van der Waals surface area (Å²) in [6.07, 6.45) is -0.716. The van der Waals surface area contributed by atoms with Crippen LogP contribution in [0.5, 0.6) is 6.01 Å². The lowest BCUT2D eigenvalue weighted by atomic mass is 10.2. The summed E-state index contributed by atoms with van der Waals surface area (Å²) in [5, 5.41) is 3.20. The fourth-order valence-electron chi connectivity index (χ4n) is 2.93. The number of carbonyl (C=O) groups is 1. The van der Waals surface area contributed by atoms with Gasteiger partial charge in [0.2, 0.25) is 0 Å². The normalized spacial score (nSPS) is 10.7. The molecule has 1 heterocycles. The Morgan fingerprint density at radius 3 is 2.38 bits per heavy atom. The van der Waals surface area contributed by atoms with E-state index in [-0.39, 0.29) is 23.0 Å². The zero-order chi connectivity index (χ0) is 20.2. The lowest BCUT2D eigenvalue weighted by molar-refractivity contribution is 0.194. The van der Waals surface area contributed by atoms with E-state index in [1.54, 1.807) is 42.5 Å². The number of rotatable bonds is 4. The minimum absolute atomic E-state index is 0.137. The fourth-order valence-corrected chi connectivity index (χ4v) is 3.18. The maximum Gasteiger partial charge on any atom is 0.415 e. The largest absolute Gasteiger partial charge is 0.415 e. The number of fused-ring (bicyclic) bond motifs is 1. The van der Waals surface area contributed by atoms with Crippen LogP contribution in [0.15, 0.2) is 83.7 Å². The van der Waals surface area contributed by atoms with Crippen LogP contribution >= 0.6 is 11.6 Å². The van der Waals surface area contributed by atoms with E-state index in [0.29, 0.717) is 11.2 Å². The maximum absolute atomic E-state index is 13.2. The van der Waals surface area contributed by atoms with E-state index in [9.17, 15) is 9.59 Å². The molecule has 4 rings (SSSR count). The Bertz CT molecular complexity index is 1220. The average Bonchev–Trinajstić information content (AvgIpc) is 2.74. The summed E-state index contributed by atoms with van der Waals surface area (Å²) in [4.78, 5) is 29.9. The van der Waals surface area contributed by atoms with Gasteiger partial charge in [0.25, 0.3) is 5.56 Å². The highest BCUT2D eigenvalue weighted by molar-refractivity contribution is 6.35. The van der Waals surface area contributed by atoms with Gasteiger partial charge in [0, 0.05) is 6.54 Å². The predicted molar refractivity (Wildman–Crippen MR) is 112 cm³/mol. The first kappa shape index (κ1) is 18.7. The summed E-state index contributed by atoms with van der Waals surface area (Å²) < 4.78 is 6.64. The van der Waals surface area contributed by atoms with Gasteiger partial charge in [-0.15, -0.1) is 0 Å². The molecule has 0 unspecified atom stereocenters. The SMILES string of the molecule is O=C(NCc1ccccc1)Oc1nc2cccc(Cl)c2c(=O)n1-c1ccccc1. The summed E-state index contributed by atoms with van der Waals surface area (Å²) in [5.74, 6) is 0. The number of amides is 1. The Labute approximate surface area is 171 Å². The number of aromatic nitrogens is 2. The van der Waals surface area contributed by atoms with Crippen LogP contribution < -0.4 is 15.6 Å². The molecule has 29 heavy (non-hydrogen) atoms. The van der Waals surface area contributed by atoms with Crippen molar-refractivity contribution in [2.24, 2.45) is 0 Å². The number of carbonyl (C=O) groups excluding carboxylic acids is 1. The molecule has 6 nitrogen and oxygen atoms in total. The Morgan fingerprint density at radius 2 is 1.66 bits per heavy atom. The Kier molecular flexibility index (Phi) is 5.27. The lowest BCUT2D eigenvalue weighted by Gasteiger charge is -2.14. The average molecular weight is 406 g/mol. The van der Waals surface area contributed by atoms with Crippen molar-refractivity contribution in [3.63, 3.8) is 0 Å². The molecule has 0 radical (unpaired) electrons. The summed E-state index contributed by atoms with van der Waals surface area (Å²) in [7, 11) is 0. The van der Waals surface area contributed by atoms with Crippen LogP contribution in [0.2, 0.25) is 5.02 Å². The molecule has 0 aliphatic heterocycles. The van der Waals surface area contributed by atoms with E-state index in [4.69, 9.17) is 16.3 Å². The van der Waals surface area contributed by atoms with Gasteiger partial charge in [-0.1, -0.05) is 66.2 Å². The zero-order valence-corrected chi connectivity index (χ0v) is 16.0. The third-order valence-electron chi connectivity index (χ3n) is 4.29. The molecule has 1 amide bonds. The second-order valence-electron chi connectivity index (χ2n) is 6.23. The van der Waals surface area contributed by atoms with Gasteiger partial charge in [-0.05, 0) is 29.8 Å². The molecule has 0 bridgehead atoms. The van der Waals surface area contributed by atoms with Crippen molar-refractivity contribution >= 4 is 28.6 Å². The molecule has 1 aromatic heterocycles. The highest BCUT2D eigenvalue weighted by Crippen LogP contribution is 2.23. The molecule has 0 spiro atoms. The predicted octanol–water partition coefficient (Wildman–Crippen LogP) is 4.33. The van der Waals surface area contributed by atoms with Crippen LogP contribution in [0.1, 0.15) is 5.56 Å². The zero-order valence-electron chi connectivity index (χ0n) is 15.2. The van der Waals surface area contributed by atoms with E-state index >= 15 is 0 Å². The third-order valence-corrected chi connectivity index (χ3v) is 4.61. The van der Waals surface area contributed by atoms with Gasteiger partial charge >= 0.3 is 12.1 Å². The van der Waals surface area contributed by atoms with Crippen molar-refractivity contribution in [2.75, 3.05) is 0 Å². The number of hydrogen-bond acceptors (Lipinski definition) is 4. The molecule has 0 atom stereocenters. The monoisotopic (exact) mass is 405 g/mol. The Hall–Kier alpha value is -3.64. The van der Waals surface area contributed by atoms with Crippen molar-refractivity contribution in [1.82, 2.24) is 14.9 Å². The topological polar surface area (TPSA) is 73.2 Å². The molecule has 0 saturated heterocycles. The van der Waals surface area contributed by atoms with Gasteiger partial charge in [0.05, 0.1) is 21.6 Å². The van der Waals surface area contributed by atoms with E-state index in [0.717, 1.165) is 5.56 Å². The molecular weight excluding hydrogens is 390 g/mol. The maximum atomic E-state index is 13.2. The van der Waals surface area contributed by atoms with Crippen molar-refractivity contribution in [1.29, 1.82) is 0 Å². The standard InChI is InChI=1S/C22H16ClN3O3/c23-17-12-7-13-18-19(17)20(27)26(16-10-5-2-6-11-16)21(25-18)29-22(28)24-14-15-8-3-1-4-9-15/h1-13H,14H2,(H,24,28). The van der Waals surface area contributed by atoms with Crippen LogP contribution in [-0.2, 0) is 6.54 Å².